The van der Waals surface area contributed by atoms with Crippen LogP contribution in [0.5, 0.6) is 17.2 Å². The molecule has 0 aliphatic carbocycles. The number of hydrogen-bond donors (Lipinski definition) is 2. The van der Waals surface area contributed by atoms with Gasteiger partial charge in [-0.05, 0) is 66.1 Å². The van der Waals surface area contributed by atoms with Gasteiger partial charge in [0.2, 0.25) is 0 Å². The largest absolute Gasteiger partial charge is 0.493 e. The topological polar surface area (TPSA) is 106 Å². The Bertz CT molecular complexity index is 1250. The van der Waals surface area contributed by atoms with Gasteiger partial charge in [-0.3, -0.25) is 0 Å². The second-order valence-electron chi connectivity index (χ2n) is 8.46. The van der Waals surface area contributed by atoms with Crippen LogP contribution in [-0.2, 0) is 22.1 Å². The van der Waals surface area contributed by atoms with E-state index in [0.717, 1.165) is 18.4 Å². The minimum absolute atomic E-state index is 0.0435. The van der Waals surface area contributed by atoms with E-state index >= 15 is 0 Å². The number of rotatable bonds is 13. The van der Waals surface area contributed by atoms with Crippen molar-refractivity contribution in [2.45, 2.75) is 32.3 Å². The van der Waals surface area contributed by atoms with Crippen LogP contribution in [0.4, 0.5) is 20.2 Å². The van der Waals surface area contributed by atoms with Crippen LogP contribution in [0.2, 0.25) is 0 Å². The number of nitrogens with two attached hydrogens (primary N) is 2. The number of carbonyl (C=O) groups is 1. The SMILES string of the molecule is CCCCOc1ccc(C(F)(F)Oc2ccc(/C=C/C(=O)OCCc3ccc(N)cc3N)cc2)cc1OC. The summed E-state index contributed by atoms with van der Waals surface area (Å²) in [5.74, 6) is 0.00993. The average molecular weight is 527 g/mol. The molecule has 3 rings (SSSR count). The van der Waals surface area contributed by atoms with Gasteiger partial charge in [-0.25, -0.2) is 4.79 Å². The first-order chi connectivity index (χ1) is 18.2. The number of methoxy groups -OCH3 is 1. The standard InChI is InChI=1S/C29H32F2N2O5/c1-3-4-16-36-26-13-9-22(18-27(26)35-2)29(30,31)38-24-11-5-20(6-12-24)7-14-28(34)37-17-15-21-8-10-23(32)19-25(21)33/h5-14,18-19H,3-4,15-17,32-33H2,1-2H3/b14-7+. The molecule has 0 radical (unpaired) electrons. The first kappa shape index (κ1) is 28.3. The van der Waals surface area contributed by atoms with Gasteiger partial charge in [-0.15, -0.1) is 0 Å². The van der Waals surface area contributed by atoms with E-state index in [1.165, 1.54) is 49.6 Å². The van der Waals surface area contributed by atoms with Crippen molar-refractivity contribution in [3.05, 3.63) is 83.4 Å². The molecule has 0 bridgehead atoms. The number of unbranched alkanes of at least 4 members (excludes halogenated alkanes) is 1. The molecule has 0 aromatic heterocycles. The molecule has 3 aromatic carbocycles. The van der Waals surface area contributed by atoms with Crippen LogP contribution in [-0.4, -0.2) is 26.3 Å². The first-order valence-electron chi connectivity index (χ1n) is 12.2. The molecule has 9 heteroatoms. The Balaban J connectivity index is 1.54. The maximum absolute atomic E-state index is 14.8. The lowest BCUT2D eigenvalue weighted by Gasteiger charge is -2.20. The number of halogens is 2. The highest BCUT2D eigenvalue weighted by Gasteiger charge is 2.35. The fraction of sp³-hybridized carbons (Fsp3) is 0.276. The zero-order valence-electron chi connectivity index (χ0n) is 21.4. The van der Waals surface area contributed by atoms with E-state index in [9.17, 15) is 13.6 Å². The number of alkyl halides is 2. The number of hydrogen-bond acceptors (Lipinski definition) is 7. The quantitative estimate of drug-likeness (QED) is 0.122. The lowest BCUT2D eigenvalue weighted by atomic mass is 10.1. The van der Waals surface area contributed by atoms with Crippen LogP contribution in [0.15, 0.2) is 66.7 Å². The van der Waals surface area contributed by atoms with Crippen molar-refractivity contribution in [3.63, 3.8) is 0 Å². The maximum atomic E-state index is 14.8. The Hall–Kier alpha value is -4.27. The molecule has 0 aliphatic heterocycles. The zero-order valence-corrected chi connectivity index (χ0v) is 21.4. The molecule has 4 N–H and O–H groups in total. The molecule has 0 heterocycles. The van der Waals surface area contributed by atoms with Crippen molar-refractivity contribution >= 4 is 23.4 Å². The van der Waals surface area contributed by atoms with Gasteiger partial charge in [0.1, 0.15) is 5.75 Å². The third kappa shape index (κ3) is 8.12. The van der Waals surface area contributed by atoms with Crippen LogP contribution in [0, 0.1) is 0 Å². The normalized spacial score (nSPS) is 11.4. The van der Waals surface area contributed by atoms with E-state index in [0.29, 0.717) is 35.7 Å². The van der Waals surface area contributed by atoms with Crippen molar-refractivity contribution in [1.29, 1.82) is 0 Å². The van der Waals surface area contributed by atoms with Crippen LogP contribution in [0.3, 0.4) is 0 Å². The molecule has 7 nitrogen and oxygen atoms in total. The summed E-state index contributed by atoms with van der Waals surface area (Å²) < 4.78 is 50.6. The highest BCUT2D eigenvalue weighted by Crippen LogP contribution is 2.37. The number of benzene rings is 3. The molecule has 0 amide bonds. The monoisotopic (exact) mass is 526 g/mol. The number of anilines is 2. The lowest BCUT2D eigenvalue weighted by molar-refractivity contribution is -0.185. The number of ether oxygens (including phenoxy) is 4. The van der Waals surface area contributed by atoms with Gasteiger partial charge in [0.25, 0.3) is 0 Å². The first-order valence-corrected chi connectivity index (χ1v) is 12.2. The lowest BCUT2D eigenvalue weighted by Crippen LogP contribution is -2.22. The minimum atomic E-state index is -3.61. The van der Waals surface area contributed by atoms with Crippen molar-refractivity contribution in [1.82, 2.24) is 0 Å². The second kappa shape index (κ2) is 13.3. The highest BCUT2D eigenvalue weighted by atomic mass is 19.3. The van der Waals surface area contributed by atoms with E-state index in [1.807, 2.05) is 6.92 Å². The Kier molecular flexibility index (Phi) is 9.92. The number of esters is 1. The number of carbonyl (C=O) groups excluding carboxylic acids is 1. The van der Waals surface area contributed by atoms with Crippen LogP contribution in [0.1, 0.15) is 36.5 Å². The van der Waals surface area contributed by atoms with Crippen LogP contribution in [0.25, 0.3) is 6.08 Å². The summed E-state index contributed by atoms with van der Waals surface area (Å²) in [5.41, 5.74) is 13.7. The molecular formula is C29H32F2N2O5. The van der Waals surface area contributed by atoms with Gasteiger partial charge in [0, 0.05) is 23.9 Å². The van der Waals surface area contributed by atoms with Crippen molar-refractivity contribution in [2.75, 3.05) is 31.8 Å². The predicted molar refractivity (Wildman–Crippen MR) is 143 cm³/mol. The molecule has 0 spiro atoms. The highest BCUT2D eigenvalue weighted by molar-refractivity contribution is 5.87. The summed E-state index contributed by atoms with van der Waals surface area (Å²) >= 11 is 0. The van der Waals surface area contributed by atoms with E-state index in [2.05, 4.69) is 0 Å². The molecule has 0 fully saturated rings. The van der Waals surface area contributed by atoms with Gasteiger partial charge in [0.15, 0.2) is 11.5 Å². The smallest absolute Gasteiger partial charge is 0.426 e. The third-order valence-corrected chi connectivity index (χ3v) is 5.58. The Morgan fingerprint density at radius 3 is 2.42 bits per heavy atom. The van der Waals surface area contributed by atoms with Gasteiger partial charge in [-0.2, -0.15) is 8.78 Å². The summed E-state index contributed by atoms with van der Waals surface area (Å²) in [5, 5.41) is 0. The van der Waals surface area contributed by atoms with Gasteiger partial charge in [-0.1, -0.05) is 31.5 Å². The van der Waals surface area contributed by atoms with Crippen LogP contribution >= 0.6 is 0 Å². The summed E-state index contributed by atoms with van der Waals surface area (Å²) in [6, 6.07) is 14.9. The fourth-order valence-corrected chi connectivity index (χ4v) is 3.46. The molecule has 0 aliphatic rings. The van der Waals surface area contributed by atoms with E-state index < -0.39 is 12.1 Å². The molecule has 0 saturated carbocycles. The molecule has 202 valence electrons. The zero-order chi connectivity index (χ0) is 27.5. The van der Waals surface area contributed by atoms with Crippen molar-refractivity contribution < 1.29 is 32.5 Å². The second-order valence-corrected chi connectivity index (χ2v) is 8.46. The summed E-state index contributed by atoms with van der Waals surface area (Å²) in [6.07, 6.45) is 1.41. The Morgan fingerprint density at radius 2 is 1.74 bits per heavy atom. The summed E-state index contributed by atoms with van der Waals surface area (Å²) in [4.78, 5) is 12.0. The van der Waals surface area contributed by atoms with E-state index in [1.54, 1.807) is 30.3 Å². The Labute approximate surface area is 220 Å². The molecule has 0 unspecified atom stereocenters. The minimum Gasteiger partial charge on any atom is -0.493 e. The molecular weight excluding hydrogens is 494 g/mol. The summed E-state index contributed by atoms with van der Waals surface area (Å²) in [7, 11) is 1.39. The molecule has 3 aromatic rings. The maximum Gasteiger partial charge on any atom is 0.426 e. The number of nitrogen functional groups attached to an aromatic ring is 2. The Morgan fingerprint density at radius 1 is 0.974 bits per heavy atom. The van der Waals surface area contributed by atoms with Crippen LogP contribution < -0.4 is 25.7 Å². The van der Waals surface area contributed by atoms with Gasteiger partial charge in [0.05, 0.1) is 25.9 Å². The third-order valence-electron chi connectivity index (χ3n) is 5.58. The van der Waals surface area contributed by atoms with E-state index in [-0.39, 0.29) is 23.7 Å². The molecule has 0 saturated heterocycles. The fourth-order valence-electron chi connectivity index (χ4n) is 3.46. The molecule has 0 atom stereocenters. The average Bonchev–Trinajstić information content (AvgIpc) is 2.89. The van der Waals surface area contributed by atoms with Crippen molar-refractivity contribution in [3.8, 4) is 17.2 Å². The van der Waals surface area contributed by atoms with Gasteiger partial charge < -0.3 is 30.4 Å². The molecule has 38 heavy (non-hydrogen) atoms. The van der Waals surface area contributed by atoms with E-state index in [4.69, 9.17) is 30.4 Å². The predicted octanol–water partition coefficient (Wildman–Crippen LogP) is 5.97. The van der Waals surface area contributed by atoms with Crippen molar-refractivity contribution in [2.24, 2.45) is 0 Å². The summed E-state index contributed by atoms with van der Waals surface area (Å²) in [6.45, 7) is 2.65. The van der Waals surface area contributed by atoms with Gasteiger partial charge >= 0.3 is 12.1 Å².